The molecule has 0 unspecified atom stereocenters. The number of benzene rings is 1. The average molecular weight is 400 g/mol. The van der Waals surface area contributed by atoms with E-state index in [1.54, 1.807) is 24.4 Å². The summed E-state index contributed by atoms with van der Waals surface area (Å²) in [6.07, 6.45) is 3.72. The van der Waals surface area contributed by atoms with Crippen LogP contribution < -0.4 is 14.8 Å². The molecule has 0 bridgehead atoms. The van der Waals surface area contributed by atoms with E-state index in [4.69, 9.17) is 9.47 Å². The molecule has 0 spiro atoms. The zero-order valence-corrected chi connectivity index (χ0v) is 16.4. The smallest absolute Gasteiger partial charge is 0.234 e. The van der Waals surface area contributed by atoms with E-state index in [1.807, 2.05) is 29.3 Å². The normalized spacial score (nSPS) is 12.4. The van der Waals surface area contributed by atoms with Crippen molar-refractivity contribution in [2.45, 2.75) is 32.1 Å². The van der Waals surface area contributed by atoms with Crippen LogP contribution in [0.2, 0.25) is 0 Å². The quantitative estimate of drug-likeness (QED) is 0.609. The second-order valence-corrected chi connectivity index (χ2v) is 6.98. The molecule has 4 rings (SSSR count). The molecule has 28 heavy (non-hydrogen) atoms. The van der Waals surface area contributed by atoms with Gasteiger partial charge in [-0.2, -0.15) is 5.10 Å². The van der Waals surface area contributed by atoms with E-state index in [0.717, 1.165) is 17.9 Å². The van der Waals surface area contributed by atoms with E-state index in [1.165, 1.54) is 11.8 Å². The molecule has 1 amide bonds. The van der Waals surface area contributed by atoms with Gasteiger partial charge in [-0.05, 0) is 26.0 Å². The van der Waals surface area contributed by atoms with Crippen molar-refractivity contribution in [2.24, 2.45) is 0 Å². The Bertz CT molecular complexity index is 999. The Labute approximate surface area is 166 Å². The Kier molecular flexibility index (Phi) is 5.20. The number of carbonyl (C=O) groups excluding carboxylic acids is 1. The predicted octanol–water partition coefficient (Wildman–Crippen LogP) is 2.64. The zero-order chi connectivity index (χ0) is 19.5. The lowest BCUT2D eigenvalue weighted by Gasteiger charge is -2.07. The van der Waals surface area contributed by atoms with Crippen molar-refractivity contribution in [1.29, 1.82) is 0 Å². The summed E-state index contributed by atoms with van der Waals surface area (Å²) in [5, 5.41) is 16.4. The molecule has 1 aliphatic rings. The Morgan fingerprint density at radius 3 is 2.86 bits per heavy atom. The molecular formula is C18H20N6O3S. The Balaban J connectivity index is 1.41. The van der Waals surface area contributed by atoms with Crippen LogP contribution in [0, 0.1) is 0 Å². The van der Waals surface area contributed by atoms with Crippen LogP contribution in [-0.2, 0) is 17.9 Å². The summed E-state index contributed by atoms with van der Waals surface area (Å²) in [7, 11) is 0. The third kappa shape index (κ3) is 3.68. The summed E-state index contributed by atoms with van der Waals surface area (Å²) in [6, 6.07) is 5.32. The summed E-state index contributed by atoms with van der Waals surface area (Å²) in [5.74, 6) is 2.16. The lowest BCUT2D eigenvalue weighted by molar-refractivity contribution is -0.113. The molecule has 2 aromatic heterocycles. The molecule has 0 saturated carbocycles. The number of aromatic nitrogens is 5. The minimum Gasteiger partial charge on any atom is -0.454 e. The first-order valence-electron chi connectivity index (χ1n) is 8.96. The van der Waals surface area contributed by atoms with Crippen molar-refractivity contribution >= 4 is 23.4 Å². The van der Waals surface area contributed by atoms with Crippen molar-refractivity contribution in [1.82, 2.24) is 24.5 Å². The third-order valence-corrected chi connectivity index (χ3v) is 5.20. The van der Waals surface area contributed by atoms with Gasteiger partial charge in [0.25, 0.3) is 0 Å². The van der Waals surface area contributed by atoms with Crippen molar-refractivity contribution in [3.05, 3.63) is 30.6 Å². The first kappa shape index (κ1) is 18.4. The monoisotopic (exact) mass is 400 g/mol. The number of amides is 1. The van der Waals surface area contributed by atoms with Crippen molar-refractivity contribution < 1.29 is 14.3 Å². The first-order valence-corrected chi connectivity index (χ1v) is 9.94. The van der Waals surface area contributed by atoms with E-state index in [0.29, 0.717) is 28.9 Å². The number of hydrogen-bond donors (Lipinski definition) is 1. The van der Waals surface area contributed by atoms with Crippen molar-refractivity contribution in [2.75, 3.05) is 17.9 Å². The maximum absolute atomic E-state index is 12.3. The molecule has 1 aliphatic heterocycles. The van der Waals surface area contributed by atoms with Gasteiger partial charge in [-0.25, -0.2) is 0 Å². The molecule has 10 heteroatoms. The maximum Gasteiger partial charge on any atom is 0.234 e. The third-order valence-electron chi connectivity index (χ3n) is 4.24. The molecule has 3 heterocycles. The molecule has 1 aromatic carbocycles. The van der Waals surface area contributed by atoms with Crippen LogP contribution in [0.1, 0.15) is 13.8 Å². The molecule has 146 valence electrons. The summed E-state index contributed by atoms with van der Waals surface area (Å²) < 4.78 is 14.4. The van der Waals surface area contributed by atoms with Gasteiger partial charge in [0.2, 0.25) is 12.7 Å². The molecular weight excluding hydrogens is 380 g/mol. The predicted molar refractivity (Wildman–Crippen MR) is 105 cm³/mol. The van der Waals surface area contributed by atoms with Gasteiger partial charge in [-0.1, -0.05) is 11.8 Å². The topological polar surface area (TPSA) is 96.1 Å². The fraction of sp³-hybridized carbons (Fsp3) is 0.333. The second kappa shape index (κ2) is 7.93. The SMILES string of the molecule is CCn1cc(-c2nnc(SCC(=O)Nc3ccc4c(c3)OCO4)n2CC)cn1. The van der Waals surface area contributed by atoms with Gasteiger partial charge in [-0.3, -0.25) is 9.48 Å². The molecule has 9 nitrogen and oxygen atoms in total. The van der Waals surface area contributed by atoms with E-state index >= 15 is 0 Å². The molecule has 1 N–H and O–H groups in total. The minimum absolute atomic E-state index is 0.130. The minimum atomic E-state index is -0.130. The Hall–Kier alpha value is -3.01. The lowest BCUT2D eigenvalue weighted by atomic mass is 10.3. The van der Waals surface area contributed by atoms with E-state index in [-0.39, 0.29) is 18.5 Å². The Morgan fingerprint density at radius 1 is 1.21 bits per heavy atom. The second-order valence-electron chi connectivity index (χ2n) is 6.04. The molecule has 3 aromatic rings. The van der Waals surface area contributed by atoms with Gasteiger partial charge in [-0.15, -0.1) is 10.2 Å². The molecule has 0 atom stereocenters. The molecule has 0 saturated heterocycles. The van der Waals surface area contributed by atoms with Crippen LogP contribution in [-0.4, -0.2) is 43.0 Å². The highest BCUT2D eigenvalue weighted by molar-refractivity contribution is 7.99. The highest BCUT2D eigenvalue weighted by atomic mass is 32.2. The number of thioether (sulfide) groups is 1. The highest BCUT2D eigenvalue weighted by Crippen LogP contribution is 2.34. The van der Waals surface area contributed by atoms with Crippen LogP contribution in [0.15, 0.2) is 35.7 Å². The van der Waals surface area contributed by atoms with E-state index in [2.05, 4.69) is 20.6 Å². The number of hydrogen-bond acceptors (Lipinski definition) is 7. The lowest BCUT2D eigenvalue weighted by Crippen LogP contribution is -2.14. The summed E-state index contributed by atoms with van der Waals surface area (Å²) >= 11 is 1.35. The van der Waals surface area contributed by atoms with E-state index < -0.39 is 0 Å². The number of anilines is 1. The highest BCUT2D eigenvalue weighted by Gasteiger charge is 2.17. The number of fused-ring (bicyclic) bond motifs is 1. The number of nitrogens with zero attached hydrogens (tertiary/aromatic N) is 5. The van der Waals surface area contributed by atoms with Crippen molar-refractivity contribution in [3.63, 3.8) is 0 Å². The van der Waals surface area contributed by atoms with Gasteiger partial charge in [0.05, 0.1) is 17.5 Å². The van der Waals surface area contributed by atoms with E-state index in [9.17, 15) is 4.79 Å². The molecule has 0 fully saturated rings. The number of ether oxygens (including phenoxy) is 2. The van der Waals surface area contributed by atoms with Gasteiger partial charge >= 0.3 is 0 Å². The average Bonchev–Trinajstić information content (AvgIpc) is 3.43. The van der Waals surface area contributed by atoms with Crippen LogP contribution in [0.3, 0.4) is 0 Å². The number of aryl methyl sites for hydroxylation is 1. The van der Waals surface area contributed by atoms with Crippen LogP contribution in [0.25, 0.3) is 11.4 Å². The molecule has 0 radical (unpaired) electrons. The van der Waals surface area contributed by atoms with Crippen molar-refractivity contribution in [3.8, 4) is 22.9 Å². The fourth-order valence-corrected chi connectivity index (χ4v) is 3.65. The summed E-state index contributed by atoms with van der Waals surface area (Å²) in [4.78, 5) is 12.3. The number of rotatable bonds is 7. The fourth-order valence-electron chi connectivity index (χ4n) is 2.85. The van der Waals surface area contributed by atoms with Gasteiger partial charge in [0, 0.05) is 31.0 Å². The standard InChI is InChI=1S/C18H20N6O3S/c1-3-23-9-12(8-19-23)17-21-22-18(24(17)4-2)28-10-16(25)20-13-5-6-14-15(7-13)27-11-26-14/h5-9H,3-4,10-11H2,1-2H3,(H,20,25). The first-order chi connectivity index (χ1) is 13.7. The van der Waals surface area contributed by atoms with Gasteiger partial charge in [0.15, 0.2) is 22.5 Å². The largest absolute Gasteiger partial charge is 0.454 e. The van der Waals surface area contributed by atoms with Crippen LogP contribution >= 0.6 is 11.8 Å². The maximum atomic E-state index is 12.3. The van der Waals surface area contributed by atoms with Gasteiger partial charge < -0.3 is 19.4 Å². The molecule has 0 aliphatic carbocycles. The summed E-state index contributed by atoms with van der Waals surface area (Å²) in [6.45, 7) is 5.75. The Morgan fingerprint density at radius 2 is 2.07 bits per heavy atom. The number of nitrogens with one attached hydrogen (secondary N) is 1. The number of carbonyl (C=O) groups is 1. The van der Waals surface area contributed by atoms with Crippen LogP contribution in [0.4, 0.5) is 5.69 Å². The van der Waals surface area contributed by atoms with Crippen LogP contribution in [0.5, 0.6) is 11.5 Å². The van der Waals surface area contributed by atoms with Gasteiger partial charge in [0.1, 0.15) is 0 Å². The zero-order valence-electron chi connectivity index (χ0n) is 15.6. The summed E-state index contributed by atoms with van der Waals surface area (Å²) in [5.41, 5.74) is 1.58.